The quantitative estimate of drug-likeness (QED) is 0.648. The van der Waals surface area contributed by atoms with Crippen molar-refractivity contribution in [2.75, 3.05) is 5.32 Å². The lowest BCUT2D eigenvalue weighted by Gasteiger charge is -2.27. The van der Waals surface area contributed by atoms with Gasteiger partial charge in [0.15, 0.2) is 0 Å². The third kappa shape index (κ3) is 1.65. The molecule has 1 unspecified atom stereocenters. The molecule has 0 aliphatic carbocycles. The summed E-state index contributed by atoms with van der Waals surface area (Å²) in [6.07, 6.45) is 2.17. The number of hydrogen-bond acceptors (Lipinski definition) is 1. The fraction of sp³-hybridized carbons (Fsp3) is 0.263. The number of rotatable bonds is 1. The van der Waals surface area contributed by atoms with Gasteiger partial charge in [-0.05, 0) is 24.1 Å². The zero-order valence-corrected chi connectivity index (χ0v) is 12.7. The number of aryl methyl sites for hydroxylation is 1. The Balaban J connectivity index is 1.90. The average Bonchev–Trinajstić information content (AvgIpc) is 3.00. The van der Waals surface area contributed by atoms with E-state index < -0.39 is 0 Å². The highest BCUT2D eigenvalue weighted by atomic mass is 15.0. The summed E-state index contributed by atoms with van der Waals surface area (Å²) >= 11 is 0. The van der Waals surface area contributed by atoms with Crippen molar-refractivity contribution in [1.29, 1.82) is 0 Å². The first kappa shape index (κ1) is 12.5. The Morgan fingerprint density at radius 2 is 1.81 bits per heavy atom. The van der Waals surface area contributed by atoms with E-state index in [2.05, 4.69) is 79.7 Å². The van der Waals surface area contributed by atoms with Crippen LogP contribution in [0.1, 0.15) is 36.6 Å². The van der Waals surface area contributed by atoms with E-state index in [1.165, 1.54) is 33.3 Å². The van der Waals surface area contributed by atoms with Crippen LogP contribution in [0, 0.1) is 6.92 Å². The average molecular weight is 276 g/mol. The standard InChI is InChI=1S/C19H20N2/c1-12-7-6-8-13-14(11-20-17(12)13)18-19(2,3)15-9-4-5-10-16(15)21-18/h4-11,18,20-21H,1-3H3. The predicted molar refractivity (Wildman–Crippen MR) is 88.9 cm³/mol. The van der Waals surface area contributed by atoms with Crippen molar-refractivity contribution in [3.05, 3.63) is 65.4 Å². The van der Waals surface area contributed by atoms with Gasteiger partial charge >= 0.3 is 0 Å². The molecule has 1 aliphatic heterocycles. The van der Waals surface area contributed by atoms with Gasteiger partial charge in [0.25, 0.3) is 0 Å². The van der Waals surface area contributed by atoms with Gasteiger partial charge in [-0.15, -0.1) is 0 Å². The van der Waals surface area contributed by atoms with Crippen molar-refractivity contribution in [2.24, 2.45) is 0 Å². The summed E-state index contributed by atoms with van der Waals surface area (Å²) in [5.74, 6) is 0. The van der Waals surface area contributed by atoms with Crippen LogP contribution < -0.4 is 5.32 Å². The minimum Gasteiger partial charge on any atom is -0.377 e. The lowest BCUT2D eigenvalue weighted by atomic mass is 9.78. The second kappa shape index (κ2) is 4.14. The van der Waals surface area contributed by atoms with Gasteiger partial charge in [-0.3, -0.25) is 0 Å². The van der Waals surface area contributed by atoms with Gasteiger partial charge in [0.2, 0.25) is 0 Å². The molecule has 2 N–H and O–H groups in total. The number of fused-ring (bicyclic) bond motifs is 2. The van der Waals surface area contributed by atoms with Gasteiger partial charge in [-0.1, -0.05) is 50.2 Å². The number of aromatic nitrogens is 1. The second-order valence-corrected chi connectivity index (χ2v) is 6.59. The second-order valence-electron chi connectivity index (χ2n) is 6.59. The number of benzene rings is 2. The van der Waals surface area contributed by atoms with Crippen molar-refractivity contribution in [2.45, 2.75) is 32.2 Å². The third-order valence-electron chi connectivity index (χ3n) is 4.91. The molecule has 2 aromatic carbocycles. The fourth-order valence-corrected chi connectivity index (χ4v) is 3.70. The number of hydrogen-bond donors (Lipinski definition) is 2. The molecule has 106 valence electrons. The van der Waals surface area contributed by atoms with E-state index in [0.717, 1.165) is 0 Å². The number of anilines is 1. The number of aromatic amines is 1. The number of H-pyrrole nitrogens is 1. The monoisotopic (exact) mass is 276 g/mol. The van der Waals surface area contributed by atoms with E-state index in [0.29, 0.717) is 6.04 Å². The van der Waals surface area contributed by atoms with Gasteiger partial charge in [0.05, 0.1) is 6.04 Å². The first-order valence-corrected chi connectivity index (χ1v) is 7.51. The molecule has 21 heavy (non-hydrogen) atoms. The van der Waals surface area contributed by atoms with Gasteiger partial charge in [0.1, 0.15) is 0 Å². The fourth-order valence-electron chi connectivity index (χ4n) is 3.70. The molecular formula is C19H20N2. The molecule has 0 saturated carbocycles. The highest BCUT2D eigenvalue weighted by Crippen LogP contribution is 2.49. The van der Waals surface area contributed by atoms with Crippen LogP contribution in [0.4, 0.5) is 5.69 Å². The molecule has 3 aromatic rings. The smallest absolute Gasteiger partial charge is 0.0626 e. The lowest BCUT2D eigenvalue weighted by Crippen LogP contribution is -2.25. The van der Waals surface area contributed by atoms with Crippen LogP contribution in [0.5, 0.6) is 0 Å². The molecule has 2 nitrogen and oxygen atoms in total. The van der Waals surface area contributed by atoms with Crippen LogP contribution in [0.3, 0.4) is 0 Å². The number of nitrogens with one attached hydrogen (secondary N) is 2. The van der Waals surface area contributed by atoms with Crippen molar-refractivity contribution in [3.63, 3.8) is 0 Å². The molecule has 0 spiro atoms. The van der Waals surface area contributed by atoms with Crippen molar-refractivity contribution in [1.82, 2.24) is 4.98 Å². The summed E-state index contributed by atoms with van der Waals surface area (Å²) in [6, 6.07) is 15.5. The maximum Gasteiger partial charge on any atom is 0.0626 e. The van der Waals surface area contributed by atoms with Crippen LogP contribution in [0.2, 0.25) is 0 Å². The van der Waals surface area contributed by atoms with Crippen molar-refractivity contribution >= 4 is 16.6 Å². The maximum atomic E-state index is 3.72. The normalized spacial score (nSPS) is 19.5. The first-order valence-electron chi connectivity index (χ1n) is 7.51. The van der Waals surface area contributed by atoms with E-state index in [-0.39, 0.29) is 5.41 Å². The Bertz CT molecular complexity index is 826. The highest BCUT2D eigenvalue weighted by molar-refractivity contribution is 5.87. The molecule has 1 aliphatic rings. The molecule has 2 heterocycles. The SMILES string of the molecule is Cc1cccc2c(C3Nc4ccccc4C3(C)C)c[nH]c12. The van der Waals surface area contributed by atoms with Crippen molar-refractivity contribution < 1.29 is 0 Å². The van der Waals surface area contributed by atoms with Crippen LogP contribution >= 0.6 is 0 Å². The van der Waals surface area contributed by atoms with Crippen LogP contribution in [-0.4, -0.2) is 4.98 Å². The van der Waals surface area contributed by atoms with Gasteiger partial charge in [-0.25, -0.2) is 0 Å². The Kier molecular flexibility index (Phi) is 2.47. The zero-order valence-electron chi connectivity index (χ0n) is 12.7. The molecular weight excluding hydrogens is 256 g/mol. The van der Waals surface area contributed by atoms with E-state index in [1.54, 1.807) is 0 Å². The molecule has 1 aromatic heterocycles. The molecule has 4 rings (SSSR count). The Hall–Kier alpha value is -2.22. The van der Waals surface area contributed by atoms with Gasteiger partial charge in [-0.2, -0.15) is 0 Å². The van der Waals surface area contributed by atoms with E-state index in [1.807, 2.05) is 0 Å². The maximum absolute atomic E-state index is 3.72. The van der Waals surface area contributed by atoms with E-state index >= 15 is 0 Å². The topological polar surface area (TPSA) is 27.8 Å². The van der Waals surface area contributed by atoms with Gasteiger partial charge < -0.3 is 10.3 Å². The highest BCUT2D eigenvalue weighted by Gasteiger charge is 2.40. The summed E-state index contributed by atoms with van der Waals surface area (Å²) in [7, 11) is 0. The Morgan fingerprint density at radius 3 is 2.62 bits per heavy atom. The minimum atomic E-state index is 0.0788. The first-order chi connectivity index (χ1) is 10.1. The predicted octanol–water partition coefficient (Wildman–Crippen LogP) is 4.92. The van der Waals surface area contributed by atoms with Crippen molar-refractivity contribution in [3.8, 4) is 0 Å². The molecule has 0 fully saturated rings. The van der Waals surface area contributed by atoms with E-state index in [9.17, 15) is 0 Å². The molecule has 0 bridgehead atoms. The van der Waals surface area contributed by atoms with Crippen LogP contribution in [-0.2, 0) is 5.41 Å². The van der Waals surface area contributed by atoms with Crippen LogP contribution in [0.15, 0.2) is 48.7 Å². The summed E-state index contributed by atoms with van der Waals surface area (Å²) in [4.78, 5) is 3.46. The lowest BCUT2D eigenvalue weighted by molar-refractivity contribution is 0.476. The minimum absolute atomic E-state index is 0.0788. The molecule has 2 heteroatoms. The Labute approximate surface area is 125 Å². The van der Waals surface area contributed by atoms with E-state index in [4.69, 9.17) is 0 Å². The largest absolute Gasteiger partial charge is 0.377 e. The summed E-state index contributed by atoms with van der Waals surface area (Å²) in [5.41, 5.74) is 6.64. The summed E-state index contributed by atoms with van der Waals surface area (Å²) < 4.78 is 0. The Morgan fingerprint density at radius 1 is 1.00 bits per heavy atom. The zero-order chi connectivity index (χ0) is 14.6. The summed E-state index contributed by atoms with van der Waals surface area (Å²) in [5, 5.41) is 5.05. The van der Waals surface area contributed by atoms with Crippen LogP contribution in [0.25, 0.3) is 10.9 Å². The third-order valence-corrected chi connectivity index (χ3v) is 4.91. The molecule has 1 atom stereocenters. The molecule has 0 amide bonds. The number of para-hydroxylation sites is 2. The summed E-state index contributed by atoms with van der Waals surface area (Å²) in [6.45, 7) is 6.81. The molecule has 0 radical (unpaired) electrons. The van der Waals surface area contributed by atoms with Gasteiger partial charge in [0, 0.05) is 33.8 Å². The molecule has 0 saturated heterocycles.